The maximum Gasteiger partial charge on any atom is 0 e. The molecule has 0 radical (unpaired) electrons. The summed E-state index contributed by atoms with van der Waals surface area (Å²) in [4.78, 5) is 0. The Labute approximate surface area is 97.3 Å². The summed E-state index contributed by atoms with van der Waals surface area (Å²) in [5.74, 6) is 0. The van der Waals surface area contributed by atoms with Crippen molar-refractivity contribution in [2.24, 2.45) is 0 Å². The van der Waals surface area contributed by atoms with Crippen molar-refractivity contribution in [3.8, 4) is 0 Å². The van der Waals surface area contributed by atoms with E-state index in [0.29, 0.717) is 7.92 Å². The summed E-state index contributed by atoms with van der Waals surface area (Å²) in [6.07, 6.45) is 4.26. The van der Waals surface area contributed by atoms with E-state index in [1.54, 1.807) is 0 Å². The summed E-state index contributed by atoms with van der Waals surface area (Å²) in [6, 6.07) is 0. The van der Waals surface area contributed by atoms with Crippen LogP contribution in [0.5, 0.6) is 0 Å². The zero-order chi connectivity index (χ0) is 5.70. The minimum Gasteiger partial charge on any atom is -1.00 e. The maximum atomic E-state index is 2.29. The molecule has 10 heavy (non-hydrogen) atoms. The largest absolute Gasteiger partial charge is 1.00 e. The summed E-state index contributed by atoms with van der Waals surface area (Å²) in [6.45, 7) is 6.87. The molecular formula is C6H15Cl2HfP-2. The number of hydrogen-bond donors (Lipinski definition) is 0. The molecule has 0 aliphatic carbocycles. The second kappa shape index (κ2) is 17.1. The van der Waals surface area contributed by atoms with Crippen LogP contribution < -0.4 is 24.8 Å². The molecule has 0 bridgehead atoms. The molecule has 0 aliphatic heterocycles. The molecule has 0 aromatic rings. The second-order valence-corrected chi connectivity index (χ2v) is 4.86. The Morgan fingerprint density at radius 1 is 0.800 bits per heavy atom. The zero-order valence-corrected chi connectivity index (χ0v) is 12.8. The van der Waals surface area contributed by atoms with Crippen molar-refractivity contribution in [1.29, 1.82) is 0 Å². The van der Waals surface area contributed by atoms with E-state index in [4.69, 9.17) is 0 Å². The molecule has 0 aromatic carbocycles. The summed E-state index contributed by atoms with van der Waals surface area (Å²) < 4.78 is 0. The predicted molar refractivity (Wildman–Crippen MR) is 38.5 cm³/mol. The third kappa shape index (κ3) is 12.5. The van der Waals surface area contributed by atoms with Crippen LogP contribution in [0.2, 0.25) is 0 Å². The third-order valence-corrected chi connectivity index (χ3v) is 4.02. The maximum absolute atomic E-state index is 2.29. The van der Waals surface area contributed by atoms with Gasteiger partial charge < -0.3 is 24.8 Å². The number of rotatable bonds is 3. The number of hydrogen-bond acceptors (Lipinski definition) is 0. The molecule has 0 fully saturated rings. The van der Waals surface area contributed by atoms with Crippen LogP contribution in [0.15, 0.2) is 0 Å². The normalized spacial score (nSPS) is 7.20. The van der Waals surface area contributed by atoms with Gasteiger partial charge in [-0.05, 0) is 18.5 Å². The van der Waals surface area contributed by atoms with Gasteiger partial charge in [-0.1, -0.05) is 20.8 Å². The first-order valence-electron chi connectivity index (χ1n) is 3.07. The van der Waals surface area contributed by atoms with Crippen LogP contribution in [0.4, 0.5) is 0 Å². The van der Waals surface area contributed by atoms with Crippen molar-refractivity contribution in [1.82, 2.24) is 0 Å². The predicted octanol–water partition coefficient (Wildman–Crippen LogP) is -3.47. The van der Waals surface area contributed by atoms with Crippen molar-refractivity contribution in [3.05, 3.63) is 0 Å². The quantitative estimate of drug-likeness (QED) is 0.359. The van der Waals surface area contributed by atoms with Gasteiger partial charge in [-0.25, -0.2) is 0 Å². The van der Waals surface area contributed by atoms with Gasteiger partial charge in [0.1, 0.15) is 0 Å². The summed E-state index contributed by atoms with van der Waals surface area (Å²) in [5.41, 5.74) is 0. The molecule has 0 heterocycles. The molecule has 4 heteroatoms. The topological polar surface area (TPSA) is 0 Å². The van der Waals surface area contributed by atoms with Crippen LogP contribution in [0.3, 0.4) is 0 Å². The molecule has 0 atom stereocenters. The van der Waals surface area contributed by atoms with E-state index in [-0.39, 0.29) is 50.7 Å². The van der Waals surface area contributed by atoms with E-state index in [1.807, 2.05) is 0 Å². The van der Waals surface area contributed by atoms with Crippen LogP contribution in [-0.4, -0.2) is 18.5 Å². The Morgan fingerprint density at radius 2 is 1.00 bits per heavy atom. The van der Waals surface area contributed by atoms with Crippen LogP contribution in [0, 0.1) is 0 Å². The first kappa shape index (κ1) is 22.6. The van der Waals surface area contributed by atoms with Crippen molar-refractivity contribution in [3.63, 3.8) is 0 Å². The standard InChI is InChI=1S/C6H15P.2ClH.Hf/c1-4-7(5-2)6-3;;;/h4-6H2,1-3H3;2*1H;/p-2. The molecule has 0 rings (SSSR count). The SMILES string of the molecule is CCP(CC)CC.[Cl-].[Cl-].[Hf]. The van der Waals surface area contributed by atoms with E-state index < -0.39 is 0 Å². The molecule has 0 aromatic heterocycles. The van der Waals surface area contributed by atoms with Crippen LogP contribution in [0.25, 0.3) is 0 Å². The third-order valence-electron chi connectivity index (χ3n) is 1.34. The number of halogens is 2. The van der Waals surface area contributed by atoms with Gasteiger partial charge in [-0.3, -0.25) is 0 Å². The molecule has 0 N–H and O–H groups in total. The monoisotopic (exact) mass is 368 g/mol. The molecule has 0 amide bonds. The minimum absolute atomic E-state index is 0. The fraction of sp³-hybridized carbons (Fsp3) is 1.00. The van der Waals surface area contributed by atoms with Crippen LogP contribution >= 0.6 is 7.92 Å². The van der Waals surface area contributed by atoms with Gasteiger partial charge in [0, 0.05) is 25.8 Å². The van der Waals surface area contributed by atoms with Gasteiger partial charge in [-0.15, -0.1) is 7.92 Å². The molecule has 0 unspecified atom stereocenters. The Balaban J connectivity index is -0.0000000600. The van der Waals surface area contributed by atoms with Crippen molar-refractivity contribution in [2.75, 3.05) is 18.5 Å². The molecule has 0 nitrogen and oxygen atoms in total. The van der Waals surface area contributed by atoms with Crippen molar-refractivity contribution >= 4 is 7.92 Å². The molecule has 0 saturated carbocycles. The van der Waals surface area contributed by atoms with Gasteiger partial charge in [-0.2, -0.15) is 0 Å². The van der Waals surface area contributed by atoms with Gasteiger partial charge in [0.2, 0.25) is 0 Å². The van der Waals surface area contributed by atoms with Gasteiger partial charge in [0.15, 0.2) is 0 Å². The summed E-state index contributed by atoms with van der Waals surface area (Å²) in [5, 5.41) is 0. The average molecular weight is 368 g/mol. The first-order valence-corrected chi connectivity index (χ1v) is 4.97. The van der Waals surface area contributed by atoms with Crippen molar-refractivity contribution < 1.29 is 50.7 Å². The Hall–Kier alpha value is 1.88. The summed E-state index contributed by atoms with van der Waals surface area (Å²) >= 11 is 0. The van der Waals surface area contributed by atoms with Gasteiger partial charge in [0.05, 0.1) is 0 Å². The first-order chi connectivity index (χ1) is 3.35. The van der Waals surface area contributed by atoms with Gasteiger partial charge >= 0.3 is 0 Å². The van der Waals surface area contributed by atoms with E-state index in [9.17, 15) is 0 Å². The molecule has 0 saturated heterocycles. The van der Waals surface area contributed by atoms with Crippen molar-refractivity contribution in [2.45, 2.75) is 20.8 Å². The Kier molecular flexibility index (Phi) is 38.7. The Morgan fingerprint density at radius 3 is 1.00 bits per heavy atom. The molecular weight excluding hydrogens is 352 g/mol. The van der Waals surface area contributed by atoms with E-state index in [2.05, 4.69) is 20.8 Å². The second-order valence-electron chi connectivity index (χ2n) is 1.62. The minimum atomic E-state index is 0. The fourth-order valence-electron chi connectivity index (χ4n) is 0.671. The summed E-state index contributed by atoms with van der Waals surface area (Å²) in [7, 11) is 0.446. The zero-order valence-electron chi connectivity index (χ0n) is 6.82. The fourth-order valence-corrected chi connectivity index (χ4v) is 2.01. The van der Waals surface area contributed by atoms with Crippen LogP contribution in [-0.2, 0) is 25.8 Å². The van der Waals surface area contributed by atoms with E-state index in [1.165, 1.54) is 18.5 Å². The molecule has 0 aliphatic rings. The Bertz CT molecular complexity index is 37.2. The van der Waals surface area contributed by atoms with E-state index >= 15 is 0 Å². The van der Waals surface area contributed by atoms with E-state index in [0.717, 1.165) is 0 Å². The van der Waals surface area contributed by atoms with Gasteiger partial charge in [0.25, 0.3) is 0 Å². The van der Waals surface area contributed by atoms with Crippen LogP contribution in [0.1, 0.15) is 20.8 Å². The molecule has 64 valence electrons. The molecule has 0 spiro atoms. The smallest absolute Gasteiger partial charge is 0 e. The average Bonchev–Trinajstić information content (AvgIpc) is 1.72.